The first kappa shape index (κ1) is 14.9. The fourth-order valence-electron chi connectivity index (χ4n) is 3.75. The maximum atomic E-state index is 5.81. The van der Waals surface area contributed by atoms with Crippen molar-refractivity contribution in [2.24, 2.45) is 5.92 Å². The van der Waals surface area contributed by atoms with E-state index < -0.39 is 0 Å². The van der Waals surface area contributed by atoms with Crippen LogP contribution in [0.4, 0.5) is 0 Å². The number of benzene rings is 1. The standard InChI is InChI=1S/C19H29NO/c1-2-11-20-17(13-15-6-5-7-15)14-16-10-12-21-19-9-4-3-8-18(16)19/h3-4,8-9,15-17,20H,2,5-7,10-14H2,1H3. The summed E-state index contributed by atoms with van der Waals surface area (Å²) in [5.74, 6) is 2.77. The Morgan fingerprint density at radius 3 is 2.81 bits per heavy atom. The van der Waals surface area contributed by atoms with Crippen LogP contribution in [0.2, 0.25) is 0 Å². The molecule has 1 aliphatic carbocycles. The second kappa shape index (κ2) is 7.31. The van der Waals surface area contributed by atoms with E-state index in [1.165, 1.54) is 50.5 Å². The van der Waals surface area contributed by atoms with Gasteiger partial charge in [-0.25, -0.2) is 0 Å². The van der Waals surface area contributed by atoms with Gasteiger partial charge in [0.05, 0.1) is 6.61 Å². The van der Waals surface area contributed by atoms with Gasteiger partial charge >= 0.3 is 0 Å². The van der Waals surface area contributed by atoms with Crippen molar-refractivity contribution >= 4 is 0 Å². The Hall–Kier alpha value is -1.02. The summed E-state index contributed by atoms with van der Waals surface area (Å²) in [6.07, 6.45) is 9.41. The molecule has 0 spiro atoms. The SMILES string of the molecule is CCCNC(CC1CCC1)CC1CCOc2ccccc21. The molecule has 1 N–H and O–H groups in total. The molecule has 2 unspecified atom stereocenters. The highest BCUT2D eigenvalue weighted by Crippen LogP contribution is 2.38. The van der Waals surface area contributed by atoms with Gasteiger partial charge in [0.15, 0.2) is 0 Å². The molecule has 0 amide bonds. The zero-order valence-electron chi connectivity index (χ0n) is 13.3. The Labute approximate surface area is 129 Å². The molecular weight excluding hydrogens is 258 g/mol. The van der Waals surface area contributed by atoms with Crippen molar-refractivity contribution < 1.29 is 4.74 Å². The molecule has 0 saturated heterocycles. The lowest BCUT2D eigenvalue weighted by Crippen LogP contribution is -2.35. The largest absolute Gasteiger partial charge is 0.493 e. The van der Waals surface area contributed by atoms with Crippen LogP contribution in [0.15, 0.2) is 24.3 Å². The van der Waals surface area contributed by atoms with Crippen molar-refractivity contribution in [2.75, 3.05) is 13.2 Å². The van der Waals surface area contributed by atoms with E-state index >= 15 is 0 Å². The third-order valence-corrected chi connectivity index (χ3v) is 5.18. The molecule has 2 aliphatic rings. The van der Waals surface area contributed by atoms with Crippen LogP contribution in [0.5, 0.6) is 5.75 Å². The monoisotopic (exact) mass is 287 g/mol. The molecule has 0 aromatic heterocycles. The summed E-state index contributed by atoms with van der Waals surface area (Å²) in [5, 5.41) is 3.81. The average Bonchev–Trinajstić information content (AvgIpc) is 2.48. The van der Waals surface area contributed by atoms with Crippen LogP contribution in [0, 0.1) is 5.92 Å². The summed E-state index contributed by atoms with van der Waals surface area (Å²) in [7, 11) is 0. The maximum Gasteiger partial charge on any atom is 0.122 e. The first-order valence-electron chi connectivity index (χ1n) is 8.82. The van der Waals surface area contributed by atoms with E-state index in [0.717, 1.165) is 24.8 Å². The van der Waals surface area contributed by atoms with Gasteiger partial charge in [-0.1, -0.05) is 44.4 Å². The van der Waals surface area contributed by atoms with Gasteiger partial charge < -0.3 is 10.1 Å². The van der Waals surface area contributed by atoms with Crippen LogP contribution >= 0.6 is 0 Å². The molecule has 1 aromatic carbocycles. The van der Waals surface area contributed by atoms with Crippen LogP contribution in [-0.2, 0) is 0 Å². The van der Waals surface area contributed by atoms with Gasteiger partial charge in [0.2, 0.25) is 0 Å². The fraction of sp³-hybridized carbons (Fsp3) is 0.684. The van der Waals surface area contributed by atoms with Crippen LogP contribution in [0.1, 0.15) is 63.4 Å². The number of hydrogen-bond acceptors (Lipinski definition) is 2. The molecule has 116 valence electrons. The van der Waals surface area contributed by atoms with E-state index in [9.17, 15) is 0 Å². The second-order valence-electron chi connectivity index (χ2n) is 6.79. The van der Waals surface area contributed by atoms with E-state index in [-0.39, 0.29) is 0 Å². The molecule has 21 heavy (non-hydrogen) atoms. The van der Waals surface area contributed by atoms with E-state index in [2.05, 4.69) is 36.5 Å². The highest BCUT2D eigenvalue weighted by molar-refractivity contribution is 5.37. The van der Waals surface area contributed by atoms with E-state index in [1.807, 2.05) is 0 Å². The molecule has 2 heteroatoms. The van der Waals surface area contributed by atoms with Gasteiger partial charge in [0.1, 0.15) is 5.75 Å². The lowest BCUT2D eigenvalue weighted by atomic mass is 9.78. The molecule has 1 heterocycles. The van der Waals surface area contributed by atoms with Gasteiger partial charge in [-0.3, -0.25) is 0 Å². The number of ether oxygens (including phenoxy) is 1. The smallest absolute Gasteiger partial charge is 0.122 e. The molecular formula is C19H29NO. The summed E-state index contributed by atoms with van der Waals surface area (Å²) in [4.78, 5) is 0. The van der Waals surface area contributed by atoms with E-state index in [4.69, 9.17) is 4.74 Å². The Bertz CT molecular complexity index is 441. The molecule has 1 saturated carbocycles. The third-order valence-electron chi connectivity index (χ3n) is 5.18. The molecule has 2 atom stereocenters. The Morgan fingerprint density at radius 1 is 1.19 bits per heavy atom. The summed E-state index contributed by atoms with van der Waals surface area (Å²) in [6, 6.07) is 9.32. The van der Waals surface area contributed by atoms with Gasteiger partial charge in [-0.05, 0) is 55.7 Å². The Kier molecular flexibility index (Phi) is 5.18. The zero-order chi connectivity index (χ0) is 14.5. The topological polar surface area (TPSA) is 21.3 Å². The van der Waals surface area contributed by atoms with Gasteiger partial charge in [0.25, 0.3) is 0 Å². The lowest BCUT2D eigenvalue weighted by Gasteiger charge is -2.34. The number of para-hydroxylation sites is 1. The van der Waals surface area contributed by atoms with E-state index in [0.29, 0.717) is 12.0 Å². The predicted molar refractivity (Wildman–Crippen MR) is 88.0 cm³/mol. The quantitative estimate of drug-likeness (QED) is 0.797. The summed E-state index contributed by atoms with van der Waals surface area (Å²) in [5.41, 5.74) is 1.43. The minimum absolute atomic E-state index is 0.671. The minimum Gasteiger partial charge on any atom is -0.493 e. The molecule has 2 nitrogen and oxygen atoms in total. The first-order valence-corrected chi connectivity index (χ1v) is 8.82. The number of rotatable bonds is 7. The molecule has 0 bridgehead atoms. The highest BCUT2D eigenvalue weighted by Gasteiger charge is 2.27. The van der Waals surface area contributed by atoms with Crippen LogP contribution in [0.3, 0.4) is 0 Å². The molecule has 3 rings (SSSR count). The zero-order valence-corrected chi connectivity index (χ0v) is 13.3. The van der Waals surface area contributed by atoms with E-state index in [1.54, 1.807) is 0 Å². The highest BCUT2D eigenvalue weighted by atomic mass is 16.5. The molecule has 1 fully saturated rings. The van der Waals surface area contributed by atoms with Crippen LogP contribution in [-0.4, -0.2) is 19.2 Å². The van der Waals surface area contributed by atoms with Crippen molar-refractivity contribution in [2.45, 2.75) is 63.8 Å². The predicted octanol–water partition coefficient (Wildman–Crippen LogP) is 4.50. The number of fused-ring (bicyclic) bond motifs is 1. The van der Waals surface area contributed by atoms with Gasteiger partial charge in [0, 0.05) is 6.04 Å². The summed E-state index contributed by atoms with van der Waals surface area (Å²) < 4.78 is 5.81. The number of hydrogen-bond donors (Lipinski definition) is 1. The van der Waals surface area contributed by atoms with Crippen LogP contribution < -0.4 is 10.1 Å². The third kappa shape index (κ3) is 3.79. The van der Waals surface area contributed by atoms with Crippen molar-refractivity contribution in [1.82, 2.24) is 5.32 Å². The lowest BCUT2D eigenvalue weighted by molar-refractivity contribution is 0.225. The van der Waals surface area contributed by atoms with Gasteiger partial charge in [-0.2, -0.15) is 0 Å². The average molecular weight is 287 g/mol. The number of nitrogens with one attached hydrogen (secondary N) is 1. The first-order chi connectivity index (χ1) is 10.4. The Morgan fingerprint density at radius 2 is 2.05 bits per heavy atom. The second-order valence-corrected chi connectivity index (χ2v) is 6.79. The van der Waals surface area contributed by atoms with Crippen molar-refractivity contribution in [3.05, 3.63) is 29.8 Å². The Balaban J connectivity index is 1.64. The normalized spacial score (nSPS) is 23.0. The fourth-order valence-corrected chi connectivity index (χ4v) is 3.75. The minimum atomic E-state index is 0.671. The van der Waals surface area contributed by atoms with Crippen molar-refractivity contribution in [3.63, 3.8) is 0 Å². The maximum absolute atomic E-state index is 5.81. The molecule has 1 aliphatic heterocycles. The van der Waals surface area contributed by atoms with Crippen molar-refractivity contribution in [1.29, 1.82) is 0 Å². The molecule has 0 radical (unpaired) electrons. The molecule has 1 aromatic rings. The van der Waals surface area contributed by atoms with Crippen LogP contribution in [0.25, 0.3) is 0 Å². The van der Waals surface area contributed by atoms with Gasteiger partial charge in [-0.15, -0.1) is 0 Å². The summed E-state index contributed by atoms with van der Waals surface area (Å²) in [6.45, 7) is 4.30. The summed E-state index contributed by atoms with van der Waals surface area (Å²) >= 11 is 0. The van der Waals surface area contributed by atoms with Crippen molar-refractivity contribution in [3.8, 4) is 5.75 Å².